The van der Waals surface area contributed by atoms with Crippen LogP contribution in [-0.2, 0) is 6.54 Å². The van der Waals surface area contributed by atoms with Gasteiger partial charge in [-0.1, -0.05) is 0 Å². The standard InChI is InChI=1S/C8H10F2N2O2/c1-14-8-6(13)2-4(7(9)10)5(3-11)12-8/h2,7,13H,3,11H2,1H3. The van der Waals surface area contributed by atoms with Crippen molar-refractivity contribution >= 4 is 0 Å². The van der Waals surface area contributed by atoms with E-state index in [0.717, 1.165) is 6.07 Å². The Bertz CT molecular complexity index is 331. The maximum absolute atomic E-state index is 12.4. The van der Waals surface area contributed by atoms with Gasteiger partial charge in [0.15, 0.2) is 5.75 Å². The van der Waals surface area contributed by atoms with Crippen molar-refractivity contribution in [3.05, 3.63) is 17.3 Å². The molecule has 3 N–H and O–H groups in total. The van der Waals surface area contributed by atoms with E-state index in [-0.39, 0.29) is 23.7 Å². The van der Waals surface area contributed by atoms with Crippen LogP contribution in [0.25, 0.3) is 0 Å². The van der Waals surface area contributed by atoms with Crippen LogP contribution in [0.1, 0.15) is 17.7 Å². The van der Waals surface area contributed by atoms with Crippen LogP contribution in [0.4, 0.5) is 8.78 Å². The summed E-state index contributed by atoms with van der Waals surface area (Å²) in [4.78, 5) is 3.65. The monoisotopic (exact) mass is 204 g/mol. The first-order valence-electron chi connectivity index (χ1n) is 3.85. The molecule has 0 saturated carbocycles. The minimum absolute atomic E-state index is 0.0228. The number of alkyl halides is 2. The number of nitrogens with two attached hydrogens (primary N) is 1. The molecule has 0 bridgehead atoms. The van der Waals surface area contributed by atoms with Crippen molar-refractivity contribution < 1.29 is 18.6 Å². The van der Waals surface area contributed by atoms with Crippen molar-refractivity contribution in [2.75, 3.05) is 7.11 Å². The number of hydrogen-bond donors (Lipinski definition) is 2. The molecular formula is C8H10F2N2O2. The highest BCUT2D eigenvalue weighted by Crippen LogP contribution is 2.30. The molecule has 1 aromatic heterocycles. The van der Waals surface area contributed by atoms with Gasteiger partial charge in [0.05, 0.1) is 12.8 Å². The number of hydrogen-bond acceptors (Lipinski definition) is 4. The number of methoxy groups -OCH3 is 1. The lowest BCUT2D eigenvalue weighted by Gasteiger charge is -2.09. The Morgan fingerprint density at radius 2 is 2.29 bits per heavy atom. The molecule has 0 saturated heterocycles. The lowest BCUT2D eigenvalue weighted by Crippen LogP contribution is -2.06. The third kappa shape index (κ3) is 1.90. The molecule has 78 valence electrons. The van der Waals surface area contributed by atoms with E-state index in [9.17, 15) is 13.9 Å². The zero-order valence-electron chi connectivity index (χ0n) is 7.50. The fourth-order valence-corrected chi connectivity index (χ4v) is 1.04. The maximum Gasteiger partial charge on any atom is 0.265 e. The van der Waals surface area contributed by atoms with Gasteiger partial charge in [-0.2, -0.15) is 0 Å². The predicted octanol–water partition coefficient (Wildman–Crippen LogP) is 1.19. The lowest BCUT2D eigenvalue weighted by molar-refractivity contribution is 0.149. The van der Waals surface area contributed by atoms with Gasteiger partial charge in [0.1, 0.15) is 0 Å². The van der Waals surface area contributed by atoms with Crippen LogP contribution in [-0.4, -0.2) is 17.2 Å². The molecule has 1 rings (SSSR count). The number of rotatable bonds is 3. The summed E-state index contributed by atoms with van der Waals surface area (Å²) < 4.78 is 29.4. The minimum Gasteiger partial charge on any atom is -0.503 e. The molecule has 0 unspecified atom stereocenters. The number of aromatic hydroxyl groups is 1. The first kappa shape index (κ1) is 10.6. The molecule has 0 aliphatic rings. The quantitative estimate of drug-likeness (QED) is 0.776. The summed E-state index contributed by atoms with van der Waals surface area (Å²) in [6.45, 7) is -0.129. The van der Waals surface area contributed by atoms with E-state index in [1.807, 2.05) is 0 Å². The van der Waals surface area contributed by atoms with Gasteiger partial charge in [0.2, 0.25) is 0 Å². The molecule has 4 nitrogen and oxygen atoms in total. The van der Waals surface area contributed by atoms with Crippen LogP contribution >= 0.6 is 0 Å². The van der Waals surface area contributed by atoms with E-state index in [1.54, 1.807) is 0 Å². The number of nitrogens with zero attached hydrogens (tertiary/aromatic N) is 1. The zero-order chi connectivity index (χ0) is 10.7. The van der Waals surface area contributed by atoms with Crippen LogP contribution < -0.4 is 10.5 Å². The highest BCUT2D eigenvalue weighted by Gasteiger charge is 2.17. The number of aromatic nitrogens is 1. The Balaban J connectivity index is 3.24. The molecule has 14 heavy (non-hydrogen) atoms. The minimum atomic E-state index is -2.71. The van der Waals surface area contributed by atoms with Crippen LogP contribution in [0.15, 0.2) is 6.07 Å². The van der Waals surface area contributed by atoms with Gasteiger partial charge in [0, 0.05) is 12.1 Å². The van der Waals surface area contributed by atoms with Crippen molar-refractivity contribution in [3.8, 4) is 11.6 Å². The van der Waals surface area contributed by atoms with E-state index in [0.29, 0.717) is 0 Å². The summed E-state index contributed by atoms with van der Waals surface area (Å²) in [6.07, 6.45) is -2.71. The molecule has 0 atom stereocenters. The second-order valence-corrected chi connectivity index (χ2v) is 2.56. The first-order valence-corrected chi connectivity index (χ1v) is 3.85. The van der Waals surface area contributed by atoms with Gasteiger partial charge < -0.3 is 15.6 Å². The Kier molecular flexibility index (Phi) is 3.19. The topological polar surface area (TPSA) is 68.4 Å². The van der Waals surface area contributed by atoms with Gasteiger partial charge in [0.25, 0.3) is 12.3 Å². The fraction of sp³-hybridized carbons (Fsp3) is 0.375. The summed E-state index contributed by atoms with van der Waals surface area (Å²) in [7, 11) is 1.28. The molecule has 1 heterocycles. The lowest BCUT2D eigenvalue weighted by atomic mass is 10.2. The van der Waals surface area contributed by atoms with Gasteiger partial charge in [-0.3, -0.25) is 0 Å². The average Bonchev–Trinajstić information content (AvgIpc) is 2.17. The summed E-state index contributed by atoms with van der Waals surface area (Å²) in [5.74, 6) is -0.519. The normalized spacial score (nSPS) is 10.6. The summed E-state index contributed by atoms with van der Waals surface area (Å²) in [5.41, 5.74) is 4.88. The number of pyridine rings is 1. The van der Waals surface area contributed by atoms with Crippen molar-refractivity contribution in [1.82, 2.24) is 4.98 Å². The SMILES string of the molecule is COc1nc(CN)c(C(F)F)cc1O. The average molecular weight is 204 g/mol. The summed E-state index contributed by atoms with van der Waals surface area (Å²) in [6, 6.07) is 0.915. The molecule has 1 aromatic rings. The molecule has 6 heteroatoms. The Hall–Kier alpha value is -1.43. The van der Waals surface area contributed by atoms with Crippen molar-refractivity contribution in [3.63, 3.8) is 0 Å². The molecule has 0 aromatic carbocycles. The van der Waals surface area contributed by atoms with Crippen molar-refractivity contribution in [1.29, 1.82) is 0 Å². The van der Waals surface area contributed by atoms with E-state index < -0.39 is 12.2 Å². The van der Waals surface area contributed by atoms with Gasteiger partial charge in [-0.15, -0.1) is 0 Å². The van der Waals surface area contributed by atoms with Crippen LogP contribution in [0.5, 0.6) is 11.6 Å². The zero-order valence-corrected chi connectivity index (χ0v) is 7.50. The third-order valence-corrected chi connectivity index (χ3v) is 1.70. The number of halogens is 2. The smallest absolute Gasteiger partial charge is 0.265 e. The highest BCUT2D eigenvalue weighted by atomic mass is 19.3. The molecule has 0 aliphatic carbocycles. The molecule has 0 radical (unpaired) electrons. The number of ether oxygens (including phenoxy) is 1. The molecule has 0 fully saturated rings. The highest BCUT2D eigenvalue weighted by molar-refractivity contribution is 5.39. The second-order valence-electron chi connectivity index (χ2n) is 2.56. The maximum atomic E-state index is 12.4. The van der Waals surface area contributed by atoms with Crippen molar-refractivity contribution in [2.45, 2.75) is 13.0 Å². The molecule has 0 spiro atoms. The third-order valence-electron chi connectivity index (χ3n) is 1.70. The Morgan fingerprint density at radius 1 is 1.64 bits per heavy atom. The largest absolute Gasteiger partial charge is 0.503 e. The van der Waals surface area contributed by atoms with Gasteiger partial charge >= 0.3 is 0 Å². The molecular weight excluding hydrogens is 194 g/mol. The first-order chi connectivity index (χ1) is 6.60. The second kappa shape index (κ2) is 4.19. The summed E-state index contributed by atoms with van der Waals surface area (Å²) in [5, 5.41) is 9.20. The van der Waals surface area contributed by atoms with Gasteiger partial charge in [-0.05, 0) is 6.07 Å². The Labute approximate surface area is 79.3 Å². The molecule has 0 aliphatic heterocycles. The summed E-state index contributed by atoms with van der Waals surface area (Å²) >= 11 is 0. The van der Waals surface area contributed by atoms with Gasteiger partial charge in [-0.25, -0.2) is 13.8 Å². The van der Waals surface area contributed by atoms with E-state index in [2.05, 4.69) is 9.72 Å². The van der Waals surface area contributed by atoms with E-state index in [4.69, 9.17) is 5.73 Å². The van der Waals surface area contributed by atoms with E-state index >= 15 is 0 Å². The van der Waals surface area contributed by atoms with Crippen LogP contribution in [0, 0.1) is 0 Å². The molecule has 0 amide bonds. The van der Waals surface area contributed by atoms with E-state index in [1.165, 1.54) is 7.11 Å². The van der Waals surface area contributed by atoms with Crippen LogP contribution in [0.3, 0.4) is 0 Å². The Morgan fingerprint density at radius 3 is 2.71 bits per heavy atom. The predicted molar refractivity (Wildman–Crippen MR) is 45.3 cm³/mol. The van der Waals surface area contributed by atoms with Crippen LogP contribution in [0.2, 0.25) is 0 Å². The fourth-order valence-electron chi connectivity index (χ4n) is 1.04. The van der Waals surface area contributed by atoms with Crippen molar-refractivity contribution in [2.24, 2.45) is 5.73 Å².